The lowest BCUT2D eigenvalue weighted by Crippen LogP contribution is -2.01. The molecule has 0 fully saturated rings. The van der Waals surface area contributed by atoms with Crippen molar-refractivity contribution in [3.05, 3.63) is 29.7 Å². The van der Waals surface area contributed by atoms with Crippen LogP contribution in [0.4, 0.5) is 0 Å². The van der Waals surface area contributed by atoms with E-state index < -0.39 is 0 Å². The van der Waals surface area contributed by atoms with E-state index in [1.54, 1.807) is 12.1 Å². The molecule has 0 radical (unpaired) electrons. The molecule has 0 amide bonds. The molecule has 0 aliphatic heterocycles. The first kappa shape index (κ1) is 11.2. The van der Waals surface area contributed by atoms with Crippen LogP contribution in [0, 0.1) is 11.3 Å². The number of nitriles is 1. The summed E-state index contributed by atoms with van der Waals surface area (Å²) < 4.78 is 5.07. The van der Waals surface area contributed by atoms with Gasteiger partial charge in [-0.15, -0.1) is 0 Å². The lowest BCUT2D eigenvalue weighted by atomic mass is 10.2. The number of rotatable bonds is 4. The van der Waals surface area contributed by atoms with E-state index in [0.717, 1.165) is 6.42 Å². The molecule has 6 nitrogen and oxygen atoms in total. The molecule has 2 N–H and O–H groups in total. The Balaban J connectivity index is 2.16. The normalized spacial score (nSPS) is 10.1. The van der Waals surface area contributed by atoms with E-state index >= 15 is 0 Å². The summed E-state index contributed by atoms with van der Waals surface area (Å²) in [4.78, 5) is 8.26. The first-order valence-electron chi connectivity index (χ1n) is 5.22. The lowest BCUT2D eigenvalue weighted by molar-refractivity contribution is 0.420. The monoisotopic (exact) mass is 229 g/mol. The molecule has 0 saturated heterocycles. The van der Waals surface area contributed by atoms with Crippen LogP contribution in [0.3, 0.4) is 0 Å². The van der Waals surface area contributed by atoms with Gasteiger partial charge < -0.3 is 10.3 Å². The Morgan fingerprint density at radius 1 is 1.41 bits per heavy atom. The quantitative estimate of drug-likeness (QED) is 0.835. The Morgan fingerprint density at radius 3 is 2.94 bits per heavy atom. The average molecular weight is 229 g/mol. The molecule has 2 aromatic rings. The van der Waals surface area contributed by atoms with Crippen LogP contribution in [0.2, 0.25) is 0 Å². The van der Waals surface area contributed by atoms with E-state index in [9.17, 15) is 0 Å². The molecule has 0 bridgehead atoms. The molecule has 6 heteroatoms. The minimum Gasteiger partial charge on any atom is -0.332 e. The van der Waals surface area contributed by atoms with E-state index in [2.05, 4.69) is 15.1 Å². The third-order valence-electron chi connectivity index (χ3n) is 2.18. The molecule has 0 atom stereocenters. The molecule has 17 heavy (non-hydrogen) atoms. The van der Waals surface area contributed by atoms with Gasteiger partial charge in [0.15, 0.2) is 5.82 Å². The summed E-state index contributed by atoms with van der Waals surface area (Å²) in [6.45, 7) is 0.596. The molecule has 2 rings (SSSR count). The summed E-state index contributed by atoms with van der Waals surface area (Å²) in [6.07, 6.45) is 2.98. The largest absolute Gasteiger partial charge is 0.332 e. The minimum absolute atomic E-state index is 0.363. The second-order valence-corrected chi connectivity index (χ2v) is 3.45. The number of hydrogen-bond acceptors (Lipinski definition) is 6. The summed E-state index contributed by atoms with van der Waals surface area (Å²) >= 11 is 0. The van der Waals surface area contributed by atoms with Crippen molar-refractivity contribution < 1.29 is 4.52 Å². The Labute approximate surface area is 98.1 Å². The van der Waals surface area contributed by atoms with Gasteiger partial charge in [0.2, 0.25) is 0 Å². The van der Waals surface area contributed by atoms with E-state index in [1.165, 1.54) is 6.20 Å². The highest BCUT2D eigenvalue weighted by Crippen LogP contribution is 2.14. The zero-order chi connectivity index (χ0) is 12.1. The highest BCUT2D eigenvalue weighted by molar-refractivity contribution is 5.47. The van der Waals surface area contributed by atoms with Crippen LogP contribution in [-0.4, -0.2) is 21.7 Å². The van der Waals surface area contributed by atoms with Crippen LogP contribution >= 0.6 is 0 Å². The highest BCUT2D eigenvalue weighted by Gasteiger charge is 2.09. The van der Waals surface area contributed by atoms with Crippen LogP contribution in [0.1, 0.15) is 17.8 Å². The fourth-order valence-electron chi connectivity index (χ4n) is 1.31. The van der Waals surface area contributed by atoms with Gasteiger partial charge in [0, 0.05) is 12.6 Å². The van der Waals surface area contributed by atoms with Crippen LogP contribution < -0.4 is 5.73 Å². The number of nitrogens with two attached hydrogens (primary N) is 1. The van der Waals surface area contributed by atoms with Crippen molar-refractivity contribution >= 4 is 0 Å². The fourth-order valence-corrected chi connectivity index (χ4v) is 1.31. The molecule has 0 aliphatic carbocycles. The molecule has 2 aromatic heterocycles. The maximum absolute atomic E-state index is 8.65. The number of pyridine rings is 1. The summed E-state index contributed by atoms with van der Waals surface area (Å²) in [5.41, 5.74) is 6.46. The van der Waals surface area contributed by atoms with Gasteiger partial charge in [0.1, 0.15) is 11.8 Å². The van der Waals surface area contributed by atoms with E-state index in [4.69, 9.17) is 15.5 Å². The third kappa shape index (κ3) is 2.65. The van der Waals surface area contributed by atoms with Gasteiger partial charge in [-0.25, -0.2) is 4.98 Å². The standard InChI is InChI=1S/C11H11N5O/c12-5-1-2-10-15-11(17-16-10)9-4-3-8(6-13)7-14-9/h3-4,7H,1-2,5,12H2. The first-order valence-corrected chi connectivity index (χ1v) is 5.22. The summed E-state index contributed by atoms with van der Waals surface area (Å²) in [6, 6.07) is 5.33. The topological polar surface area (TPSA) is 102 Å². The van der Waals surface area contributed by atoms with Crippen molar-refractivity contribution in [1.82, 2.24) is 15.1 Å². The highest BCUT2D eigenvalue weighted by atomic mass is 16.5. The Morgan fingerprint density at radius 2 is 2.29 bits per heavy atom. The van der Waals surface area contributed by atoms with Crippen molar-refractivity contribution in [3.63, 3.8) is 0 Å². The fraction of sp³-hybridized carbons (Fsp3) is 0.273. The molecule has 0 saturated carbocycles. The van der Waals surface area contributed by atoms with Crippen molar-refractivity contribution in [3.8, 4) is 17.7 Å². The molecule has 0 unspecified atom stereocenters. The molecule has 0 spiro atoms. The van der Waals surface area contributed by atoms with E-state index in [1.807, 2.05) is 6.07 Å². The zero-order valence-electron chi connectivity index (χ0n) is 9.13. The summed E-state index contributed by atoms with van der Waals surface area (Å²) in [5.74, 6) is 0.984. The van der Waals surface area contributed by atoms with Crippen molar-refractivity contribution in [1.29, 1.82) is 5.26 Å². The third-order valence-corrected chi connectivity index (χ3v) is 2.18. The van der Waals surface area contributed by atoms with E-state index in [-0.39, 0.29) is 0 Å². The average Bonchev–Trinajstić information content (AvgIpc) is 2.85. The molecular formula is C11H11N5O. The summed E-state index contributed by atoms with van der Waals surface area (Å²) in [5, 5.41) is 12.5. The predicted molar refractivity (Wildman–Crippen MR) is 59.6 cm³/mol. The summed E-state index contributed by atoms with van der Waals surface area (Å²) in [7, 11) is 0. The van der Waals surface area contributed by atoms with Crippen LogP contribution in [0.15, 0.2) is 22.9 Å². The Kier molecular flexibility index (Phi) is 3.43. The van der Waals surface area contributed by atoms with Gasteiger partial charge >= 0.3 is 0 Å². The molecule has 2 heterocycles. The second-order valence-electron chi connectivity index (χ2n) is 3.45. The number of hydrogen-bond donors (Lipinski definition) is 1. The Hall–Kier alpha value is -2.26. The van der Waals surface area contributed by atoms with E-state index in [0.29, 0.717) is 35.9 Å². The van der Waals surface area contributed by atoms with Gasteiger partial charge in [-0.2, -0.15) is 10.2 Å². The van der Waals surface area contributed by atoms with Gasteiger partial charge in [-0.3, -0.25) is 0 Å². The molecular weight excluding hydrogens is 218 g/mol. The van der Waals surface area contributed by atoms with Crippen molar-refractivity contribution in [2.24, 2.45) is 5.73 Å². The first-order chi connectivity index (χ1) is 8.33. The van der Waals surface area contributed by atoms with Crippen LogP contribution in [-0.2, 0) is 6.42 Å². The minimum atomic E-state index is 0.363. The number of nitrogens with zero attached hydrogens (tertiary/aromatic N) is 4. The van der Waals surface area contributed by atoms with Gasteiger partial charge in [0.05, 0.1) is 5.56 Å². The maximum Gasteiger partial charge on any atom is 0.276 e. The van der Waals surface area contributed by atoms with Crippen LogP contribution in [0.5, 0.6) is 0 Å². The predicted octanol–water partition coefficient (Wildman–Crippen LogP) is 0.895. The lowest BCUT2D eigenvalue weighted by Gasteiger charge is -1.92. The smallest absolute Gasteiger partial charge is 0.276 e. The van der Waals surface area contributed by atoms with Crippen molar-refractivity contribution in [2.75, 3.05) is 6.54 Å². The number of aromatic nitrogens is 3. The van der Waals surface area contributed by atoms with Gasteiger partial charge in [0.25, 0.3) is 5.89 Å². The molecule has 0 aliphatic rings. The second kappa shape index (κ2) is 5.18. The van der Waals surface area contributed by atoms with Crippen molar-refractivity contribution in [2.45, 2.75) is 12.8 Å². The number of aryl methyl sites for hydroxylation is 1. The van der Waals surface area contributed by atoms with Gasteiger partial charge in [-0.05, 0) is 25.1 Å². The Bertz CT molecular complexity index is 526. The maximum atomic E-state index is 8.65. The molecule has 86 valence electrons. The zero-order valence-corrected chi connectivity index (χ0v) is 9.13. The molecule has 0 aromatic carbocycles. The SMILES string of the molecule is N#Cc1ccc(-c2nc(CCCN)no2)nc1. The van der Waals surface area contributed by atoms with Gasteiger partial charge in [-0.1, -0.05) is 5.16 Å². The van der Waals surface area contributed by atoms with Crippen LogP contribution in [0.25, 0.3) is 11.6 Å².